The number of nitrogens with two attached hydrogens (primary N) is 1. The maximum atomic E-state index is 12.3. The van der Waals surface area contributed by atoms with E-state index in [1.54, 1.807) is 30.1 Å². The predicted octanol–water partition coefficient (Wildman–Crippen LogP) is 0.761. The highest BCUT2D eigenvalue weighted by Gasteiger charge is 2.17. The molecular weight excluding hydrogens is 304 g/mol. The summed E-state index contributed by atoms with van der Waals surface area (Å²) in [4.78, 5) is 14.2. The van der Waals surface area contributed by atoms with Gasteiger partial charge in [-0.05, 0) is 19.1 Å². The Morgan fingerprint density at radius 1 is 1.36 bits per heavy atom. The number of ether oxygens (including phenoxy) is 2. The minimum Gasteiger partial charge on any atom is -0.486 e. The van der Waals surface area contributed by atoms with Crippen LogP contribution in [0, 0.1) is 0 Å². The van der Waals surface area contributed by atoms with E-state index in [-0.39, 0.29) is 24.1 Å². The fourth-order valence-corrected chi connectivity index (χ4v) is 3.10. The molecule has 0 spiro atoms. The molecule has 0 saturated carbocycles. The Morgan fingerprint density at radius 2 is 2.05 bits per heavy atom. The molecule has 7 heteroatoms. The Labute approximate surface area is 133 Å². The number of carbonyl (C=O) groups excluding carboxylic acids is 1. The van der Waals surface area contributed by atoms with E-state index in [1.807, 2.05) is 6.92 Å². The maximum Gasteiger partial charge on any atom is 0.223 e. The molecular formula is C15H22N2O4S. The van der Waals surface area contributed by atoms with Crippen LogP contribution in [-0.4, -0.2) is 53.6 Å². The van der Waals surface area contributed by atoms with Crippen molar-refractivity contribution in [1.29, 1.82) is 0 Å². The Morgan fingerprint density at radius 3 is 2.73 bits per heavy atom. The topological polar surface area (TPSA) is 81.9 Å². The Kier molecular flexibility index (Phi) is 5.79. The fraction of sp³-hybridized carbons (Fsp3) is 0.533. The van der Waals surface area contributed by atoms with E-state index in [0.29, 0.717) is 36.2 Å². The van der Waals surface area contributed by atoms with Gasteiger partial charge in [0.1, 0.15) is 13.2 Å². The summed E-state index contributed by atoms with van der Waals surface area (Å²) in [5, 5.41) is 0. The minimum absolute atomic E-state index is 0.0183. The minimum atomic E-state index is -1.25. The van der Waals surface area contributed by atoms with Crippen LogP contribution in [0.25, 0.3) is 0 Å². The highest BCUT2D eigenvalue weighted by atomic mass is 32.2. The van der Waals surface area contributed by atoms with Gasteiger partial charge in [-0.2, -0.15) is 0 Å². The third kappa shape index (κ3) is 3.98. The molecule has 0 radical (unpaired) electrons. The quantitative estimate of drug-likeness (QED) is 0.835. The van der Waals surface area contributed by atoms with Gasteiger partial charge in [0.05, 0.1) is 10.8 Å². The number of hydrogen-bond acceptors (Lipinski definition) is 5. The van der Waals surface area contributed by atoms with E-state index < -0.39 is 10.8 Å². The molecule has 0 aromatic heterocycles. The summed E-state index contributed by atoms with van der Waals surface area (Å²) in [7, 11) is 0.467. The van der Waals surface area contributed by atoms with Gasteiger partial charge in [-0.1, -0.05) is 0 Å². The van der Waals surface area contributed by atoms with Crippen LogP contribution in [0.15, 0.2) is 23.1 Å². The summed E-state index contributed by atoms with van der Waals surface area (Å²) in [6.07, 6.45) is 0.224. The summed E-state index contributed by atoms with van der Waals surface area (Å²) >= 11 is 0. The fourth-order valence-electron chi connectivity index (χ4n) is 2.04. The number of nitrogens with zero attached hydrogens (tertiary/aromatic N) is 1. The molecule has 6 nitrogen and oxygen atoms in total. The van der Waals surface area contributed by atoms with E-state index in [1.165, 1.54) is 0 Å². The average Bonchev–Trinajstić information content (AvgIpc) is 2.57. The monoisotopic (exact) mass is 326 g/mol. The number of rotatable bonds is 6. The third-order valence-electron chi connectivity index (χ3n) is 3.67. The van der Waals surface area contributed by atoms with E-state index in [0.717, 1.165) is 0 Å². The van der Waals surface area contributed by atoms with Crippen LogP contribution < -0.4 is 15.2 Å². The van der Waals surface area contributed by atoms with Crippen molar-refractivity contribution in [2.45, 2.75) is 24.3 Å². The van der Waals surface area contributed by atoms with Crippen LogP contribution in [0.2, 0.25) is 0 Å². The molecule has 2 unspecified atom stereocenters. The van der Waals surface area contributed by atoms with Gasteiger partial charge in [-0.15, -0.1) is 0 Å². The van der Waals surface area contributed by atoms with Crippen LogP contribution in [-0.2, 0) is 15.6 Å². The van der Waals surface area contributed by atoms with Crippen molar-refractivity contribution in [3.8, 4) is 11.5 Å². The van der Waals surface area contributed by atoms with Crippen LogP contribution in [0.4, 0.5) is 0 Å². The molecule has 1 aliphatic heterocycles. The highest BCUT2D eigenvalue weighted by Crippen LogP contribution is 2.31. The number of likely N-dealkylation sites (N-methyl/N-ethyl adjacent to an activating group) is 1. The first kappa shape index (κ1) is 16.8. The summed E-state index contributed by atoms with van der Waals surface area (Å²) in [5.74, 6) is 1.50. The van der Waals surface area contributed by atoms with E-state index in [2.05, 4.69) is 0 Å². The lowest BCUT2D eigenvalue weighted by molar-refractivity contribution is -0.131. The van der Waals surface area contributed by atoms with Crippen molar-refractivity contribution >= 4 is 16.7 Å². The standard InChI is InChI=1S/C15H22N2O4S/c1-11(10-16)17(2)15(18)5-8-22(19)12-3-4-13-14(9-12)21-7-6-20-13/h3-4,9,11H,5-8,10,16H2,1-2H3. The van der Waals surface area contributed by atoms with Gasteiger partial charge >= 0.3 is 0 Å². The lowest BCUT2D eigenvalue weighted by atomic mass is 10.3. The van der Waals surface area contributed by atoms with Gasteiger partial charge in [-0.25, -0.2) is 0 Å². The largest absolute Gasteiger partial charge is 0.486 e. The molecule has 1 aromatic carbocycles. The number of carbonyl (C=O) groups is 1. The number of amides is 1. The molecule has 2 atom stereocenters. The second-order valence-electron chi connectivity index (χ2n) is 5.19. The van der Waals surface area contributed by atoms with Gasteiger partial charge in [0.25, 0.3) is 0 Å². The van der Waals surface area contributed by atoms with Gasteiger partial charge < -0.3 is 20.1 Å². The molecule has 1 heterocycles. The number of benzene rings is 1. The van der Waals surface area contributed by atoms with Crippen molar-refractivity contribution in [3.63, 3.8) is 0 Å². The SMILES string of the molecule is CC(CN)N(C)C(=O)CCS(=O)c1ccc2c(c1)OCCO2. The lowest BCUT2D eigenvalue weighted by Crippen LogP contribution is -2.40. The van der Waals surface area contributed by atoms with Gasteiger partial charge in [0.2, 0.25) is 5.91 Å². The molecule has 0 fully saturated rings. The third-order valence-corrected chi connectivity index (χ3v) is 5.03. The zero-order valence-corrected chi connectivity index (χ0v) is 13.7. The number of fused-ring (bicyclic) bond motifs is 1. The first-order valence-corrected chi connectivity index (χ1v) is 8.58. The molecule has 0 bridgehead atoms. The molecule has 1 amide bonds. The zero-order chi connectivity index (χ0) is 16.1. The van der Waals surface area contributed by atoms with Crippen LogP contribution >= 0.6 is 0 Å². The van der Waals surface area contributed by atoms with Crippen LogP contribution in [0.1, 0.15) is 13.3 Å². The second-order valence-corrected chi connectivity index (χ2v) is 6.77. The normalized spacial score (nSPS) is 16.0. The summed E-state index contributed by atoms with van der Waals surface area (Å²) in [6.45, 7) is 3.31. The molecule has 0 saturated heterocycles. The predicted molar refractivity (Wildman–Crippen MR) is 84.6 cm³/mol. The Bertz CT molecular complexity index is 564. The molecule has 1 aromatic rings. The first-order valence-electron chi connectivity index (χ1n) is 7.26. The Balaban J connectivity index is 1.94. The molecule has 0 aliphatic carbocycles. The first-order chi connectivity index (χ1) is 10.5. The second kappa shape index (κ2) is 7.60. The van der Waals surface area contributed by atoms with E-state index in [4.69, 9.17) is 15.2 Å². The summed E-state index contributed by atoms with van der Waals surface area (Å²) < 4.78 is 23.2. The summed E-state index contributed by atoms with van der Waals surface area (Å²) in [6, 6.07) is 5.21. The maximum absolute atomic E-state index is 12.3. The van der Waals surface area contributed by atoms with Gasteiger partial charge in [0, 0.05) is 42.8 Å². The highest BCUT2D eigenvalue weighted by molar-refractivity contribution is 7.85. The molecule has 22 heavy (non-hydrogen) atoms. The van der Waals surface area contributed by atoms with E-state index in [9.17, 15) is 9.00 Å². The molecule has 1 aliphatic rings. The number of hydrogen-bond donors (Lipinski definition) is 1. The average molecular weight is 326 g/mol. The van der Waals surface area contributed by atoms with Crippen molar-refractivity contribution in [1.82, 2.24) is 4.90 Å². The molecule has 2 rings (SSSR count). The van der Waals surface area contributed by atoms with Crippen molar-refractivity contribution in [3.05, 3.63) is 18.2 Å². The zero-order valence-electron chi connectivity index (χ0n) is 12.9. The van der Waals surface area contributed by atoms with E-state index >= 15 is 0 Å². The molecule has 122 valence electrons. The van der Waals surface area contributed by atoms with Crippen LogP contribution in [0.5, 0.6) is 11.5 Å². The van der Waals surface area contributed by atoms with Gasteiger partial charge in [0.15, 0.2) is 11.5 Å². The molecule has 2 N–H and O–H groups in total. The van der Waals surface area contributed by atoms with Crippen molar-refractivity contribution < 1.29 is 18.5 Å². The summed E-state index contributed by atoms with van der Waals surface area (Å²) in [5.41, 5.74) is 5.54. The van der Waals surface area contributed by atoms with Crippen molar-refractivity contribution in [2.24, 2.45) is 5.73 Å². The van der Waals surface area contributed by atoms with Crippen LogP contribution in [0.3, 0.4) is 0 Å². The Hall–Kier alpha value is -1.60. The smallest absolute Gasteiger partial charge is 0.223 e. The van der Waals surface area contributed by atoms with Gasteiger partial charge in [-0.3, -0.25) is 9.00 Å². The van der Waals surface area contributed by atoms with Crippen molar-refractivity contribution in [2.75, 3.05) is 32.6 Å². The lowest BCUT2D eigenvalue weighted by Gasteiger charge is -2.23.